The molecule has 1 amide bonds. The van der Waals surface area contributed by atoms with Crippen molar-refractivity contribution in [1.82, 2.24) is 9.47 Å². The summed E-state index contributed by atoms with van der Waals surface area (Å²) in [5.41, 5.74) is 6.25. The molecule has 2 unspecified atom stereocenters. The monoisotopic (exact) mass is 423 g/mol. The Kier molecular flexibility index (Phi) is 6.17. The Morgan fingerprint density at radius 3 is 2.40 bits per heavy atom. The molecule has 0 saturated carbocycles. The van der Waals surface area contributed by atoms with Gasteiger partial charge in [-0.1, -0.05) is 20.8 Å². The number of carbonyl (C=O) groups is 1. The van der Waals surface area contributed by atoms with Crippen LogP contribution in [0.1, 0.15) is 44.7 Å². The second-order valence-corrected chi connectivity index (χ2v) is 8.91. The van der Waals surface area contributed by atoms with Crippen molar-refractivity contribution < 1.29 is 22.7 Å². The van der Waals surface area contributed by atoms with E-state index in [4.69, 9.17) is 10.5 Å². The van der Waals surface area contributed by atoms with Crippen molar-refractivity contribution in [1.29, 1.82) is 0 Å². The molecule has 0 bridgehead atoms. The highest BCUT2D eigenvalue weighted by atomic mass is 19.4. The first-order chi connectivity index (χ1) is 13.9. The van der Waals surface area contributed by atoms with E-state index in [0.29, 0.717) is 18.7 Å². The Balaban J connectivity index is 1.72. The molecule has 1 aromatic heterocycles. The summed E-state index contributed by atoms with van der Waals surface area (Å²) in [6, 6.07) is 7.30. The lowest BCUT2D eigenvalue weighted by Gasteiger charge is -2.45. The van der Waals surface area contributed by atoms with Gasteiger partial charge in [-0.2, -0.15) is 13.2 Å². The Hall–Kier alpha value is -2.48. The van der Waals surface area contributed by atoms with Gasteiger partial charge in [0, 0.05) is 43.6 Å². The minimum absolute atomic E-state index is 0.0182. The van der Waals surface area contributed by atoms with Gasteiger partial charge in [-0.25, -0.2) is 4.79 Å². The van der Waals surface area contributed by atoms with Gasteiger partial charge in [0.05, 0.1) is 5.56 Å². The summed E-state index contributed by atoms with van der Waals surface area (Å²) in [7, 11) is 0. The topological polar surface area (TPSA) is 60.5 Å². The molecule has 2 aromatic rings. The van der Waals surface area contributed by atoms with E-state index in [-0.39, 0.29) is 17.6 Å². The zero-order valence-electron chi connectivity index (χ0n) is 17.4. The van der Waals surface area contributed by atoms with Gasteiger partial charge in [-0.15, -0.1) is 0 Å². The van der Waals surface area contributed by atoms with Crippen LogP contribution in [0, 0.1) is 5.41 Å². The maximum absolute atomic E-state index is 12.8. The van der Waals surface area contributed by atoms with Gasteiger partial charge in [-0.3, -0.25) is 4.90 Å². The average molecular weight is 423 g/mol. The second-order valence-electron chi connectivity index (χ2n) is 8.91. The largest absolute Gasteiger partial charge is 0.446 e. The summed E-state index contributed by atoms with van der Waals surface area (Å²) < 4.78 is 45.4. The van der Waals surface area contributed by atoms with E-state index in [1.54, 1.807) is 0 Å². The number of piperidine rings is 1. The smallest absolute Gasteiger partial charge is 0.416 e. The van der Waals surface area contributed by atoms with Gasteiger partial charge in [0.2, 0.25) is 0 Å². The van der Waals surface area contributed by atoms with E-state index in [1.807, 2.05) is 23.0 Å². The molecular formula is C22H28F3N3O2. The van der Waals surface area contributed by atoms with E-state index in [9.17, 15) is 18.0 Å². The van der Waals surface area contributed by atoms with E-state index in [0.717, 1.165) is 30.7 Å². The van der Waals surface area contributed by atoms with Crippen molar-refractivity contribution in [3.8, 4) is 5.69 Å². The molecule has 5 nitrogen and oxygen atoms in total. The highest BCUT2D eigenvalue weighted by Gasteiger charge is 2.37. The maximum Gasteiger partial charge on any atom is 0.416 e. The molecule has 1 aliphatic rings. The molecule has 0 radical (unpaired) electrons. The lowest BCUT2D eigenvalue weighted by molar-refractivity contribution is -0.137. The minimum Gasteiger partial charge on any atom is -0.446 e. The number of rotatable bonds is 4. The Bertz CT molecular complexity index is 869. The number of nitrogens with zero attached hydrogens (tertiary/aromatic N) is 2. The van der Waals surface area contributed by atoms with Crippen LogP contribution in [0.15, 0.2) is 42.7 Å². The highest BCUT2D eigenvalue weighted by Crippen LogP contribution is 2.34. The number of likely N-dealkylation sites (tertiary alicyclic amines) is 1. The zero-order valence-corrected chi connectivity index (χ0v) is 17.4. The molecule has 2 heterocycles. The van der Waals surface area contributed by atoms with Crippen LogP contribution in [-0.4, -0.2) is 34.3 Å². The molecule has 2 atom stereocenters. The Morgan fingerprint density at radius 2 is 1.83 bits per heavy atom. The van der Waals surface area contributed by atoms with Crippen molar-refractivity contribution in [3.05, 3.63) is 53.9 Å². The lowest BCUT2D eigenvalue weighted by Crippen LogP contribution is -2.51. The zero-order chi connectivity index (χ0) is 22.1. The molecule has 8 heteroatoms. The van der Waals surface area contributed by atoms with Gasteiger partial charge < -0.3 is 15.0 Å². The minimum atomic E-state index is -4.34. The molecule has 30 heavy (non-hydrogen) atoms. The second kappa shape index (κ2) is 8.34. The Labute approximate surface area is 174 Å². The van der Waals surface area contributed by atoms with E-state index in [2.05, 4.69) is 25.7 Å². The van der Waals surface area contributed by atoms with Gasteiger partial charge in [0.1, 0.15) is 6.10 Å². The number of alkyl halides is 3. The van der Waals surface area contributed by atoms with E-state index in [1.165, 1.54) is 12.1 Å². The number of primary amides is 1. The van der Waals surface area contributed by atoms with Crippen molar-refractivity contribution in [2.45, 2.75) is 58.5 Å². The van der Waals surface area contributed by atoms with Crippen LogP contribution >= 0.6 is 0 Å². The fourth-order valence-corrected chi connectivity index (χ4v) is 4.10. The van der Waals surface area contributed by atoms with Crippen LogP contribution in [0.2, 0.25) is 0 Å². The normalized spacial score (nSPS) is 20.9. The molecule has 164 valence electrons. The predicted molar refractivity (Wildman–Crippen MR) is 108 cm³/mol. The maximum atomic E-state index is 12.8. The van der Waals surface area contributed by atoms with Gasteiger partial charge in [0.25, 0.3) is 0 Å². The number of benzene rings is 1. The predicted octanol–water partition coefficient (Wildman–Crippen LogP) is 4.97. The number of hydrogen-bond acceptors (Lipinski definition) is 3. The van der Waals surface area contributed by atoms with Gasteiger partial charge >= 0.3 is 12.3 Å². The van der Waals surface area contributed by atoms with Crippen molar-refractivity contribution in [3.63, 3.8) is 0 Å². The van der Waals surface area contributed by atoms with Crippen molar-refractivity contribution in [2.75, 3.05) is 6.54 Å². The summed E-state index contributed by atoms with van der Waals surface area (Å²) in [5.74, 6) is 0. The summed E-state index contributed by atoms with van der Waals surface area (Å²) in [4.78, 5) is 13.5. The quantitative estimate of drug-likeness (QED) is 0.755. The average Bonchev–Trinajstić information content (AvgIpc) is 3.09. The molecule has 0 aliphatic carbocycles. The molecule has 1 aromatic carbocycles. The van der Waals surface area contributed by atoms with Crippen LogP contribution in [0.4, 0.5) is 18.0 Å². The van der Waals surface area contributed by atoms with Crippen LogP contribution in [0.3, 0.4) is 0 Å². The Morgan fingerprint density at radius 1 is 1.17 bits per heavy atom. The number of hydrogen-bond donors (Lipinski definition) is 1. The fraction of sp³-hybridized carbons (Fsp3) is 0.500. The lowest BCUT2D eigenvalue weighted by atomic mass is 9.79. The van der Waals surface area contributed by atoms with E-state index >= 15 is 0 Å². The molecule has 1 saturated heterocycles. The SMILES string of the molecule is CC(C)(C)C1CC(OC(N)=O)CCN1Cc1ccn(-c2ccc(C(F)(F)F)cc2)c1. The van der Waals surface area contributed by atoms with Crippen LogP contribution < -0.4 is 5.73 Å². The highest BCUT2D eigenvalue weighted by molar-refractivity contribution is 5.64. The van der Waals surface area contributed by atoms with Crippen LogP contribution in [0.25, 0.3) is 5.69 Å². The number of carbonyl (C=O) groups excluding carboxylic acids is 1. The molecule has 3 rings (SSSR count). The summed E-state index contributed by atoms with van der Waals surface area (Å²) in [5, 5.41) is 0. The number of nitrogens with two attached hydrogens (primary N) is 1. The third-order valence-corrected chi connectivity index (χ3v) is 5.58. The molecule has 0 spiro atoms. The first-order valence-electron chi connectivity index (χ1n) is 9.98. The van der Waals surface area contributed by atoms with Gasteiger partial charge in [-0.05, 0) is 47.7 Å². The molecular weight excluding hydrogens is 395 g/mol. The first-order valence-corrected chi connectivity index (χ1v) is 9.98. The van der Waals surface area contributed by atoms with Crippen molar-refractivity contribution in [2.24, 2.45) is 11.1 Å². The number of amides is 1. The van der Waals surface area contributed by atoms with Crippen LogP contribution in [-0.2, 0) is 17.5 Å². The number of ether oxygens (including phenoxy) is 1. The summed E-state index contributed by atoms with van der Waals surface area (Å²) in [6.45, 7) is 7.95. The fourth-order valence-electron chi connectivity index (χ4n) is 4.10. The molecule has 1 fully saturated rings. The molecule has 1 aliphatic heterocycles. The standard InChI is InChI=1S/C22H28F3N3O2/c1-21(2,3)19-12-18(30-20(26)29)9-11-28(19)14-15-8-10-27(13-15)17-6-4-16(5-7-17)22(23,24)25/h4-8,10,13,18-19H,9,11-12,14H2,1-3H3,(H2,26,29). The summed E-state index contributed by atoms with van der Waals surface area (Å²) >= 11 is 0. The third-order valence-electron chi connectivity index (χ3n) is 5.58. The first kappa shape index (κ1) is 22.2. The van der Waals surface area contributed by atoms with E-state index < -0.39 is 17.8 Å². The third kappa shape index (κ3) is 5.36. The number of aromatic nitrogens is 1. The number of halogens is 3. The van der Waals surface area contributed by atoms with Crippen LogP contribution in [0.5, 0.6) is 0 Å². The molecule has 2 N–H and O–H groups in total. The van der Waals surface area contributed by atoms with Gasteiger partial charge in [0.15, 0.2) is 0 Å². The van der Waals surface area contributed by atoms with Crippen molar-refractivity contribution >= 4 is 6.09 Å². The summed E-state index contributed by atoms with van der Waals surface area (Å²) in [6.07, 6.45) is -0.0377.